The summed E-state index contributed by atoms with van der Waals surface area (Å²) >= 11 is 0. The third-order valence-electron chi connectivity index (χ3n) is 4.21. The maximum Gasteiger partial charge on any atom is 0.137 e. The largest absolute Gasteiger partial charge is 0.494 e. The Hall–Kier alpha value is -2.39. The number of rotatable bonds is 7. The van der Waals surface area contributed by atoms with E-state index in [4.69, 9.17) is 10.00 Å². The highest BCUT2D eigenvalue weighted by molar-refractivity contribution is 5.34. The van der Waals surface area contributed by atoms with Crippen LogP contribution in [0, 0.1) is 11.3 Å². The smallest absolute Gasteiger partial charge is 0.137 e. The van der Waals surface area contributed by atoms with Crippen LogP contribution in [0.25, 0.3) is 0 Å². The van der Waals surface area contributed by atoms with Crippen LogP contribution >= 0.6 is 0 Å². The van der Waals surface area contributed by atoms with Crippen LogP contribution < -0.4 is 4.74 Å². The van der Waals surface area contributed by atoms with E-state index in [9.17, 15) is 0 Å². The molecule has 0 saturated carbocycles. The summed E-state index contributed by atoms with van der Waals surface area (Å²) in [5.74, 6) is 0.824. The molecule has 1 saturated heterocycles. The third kappa shape index (κ3) is 4.30. The number of hydrogen-bond acceptors (Lipinski definition) is 5. The van der Waals surface area contributed by atoms with Crippen molar-refractivity contribution in [3.8, 4) is 11.8 Å². The van der Waals surface area contributed by atoms with Gasteiger partial charge in [0.1, 0.15) is 18.4 Å². The molecule has 3 rings (SSSR count). The van der Waals surface area contributed by atoms with Gasteiger partial charge in [-0.05, 0) is 50.1 Å². The van der Waals surface area contributed by atoms with Crippen LogP contribution in [0.5, 0.6) is 5.75 Å². The van der Waals surface area contributed by atoms with Crippen molar-refractivity contribution in [3.63, 3.8) is 0 Å². The molecule has 2 aromatic rings. The molecule has 0 aliphatic carbocycles. The van der Waals surface area contributed by atoms with Crippen LogP contribution in [-0.2, 0) is 6.54 Å². The van der Waals surface area contributed by atoms with Crippen molar-refractivity contribution < 1.29 is 4.74 Å². The van der Waals surface area contributed by atoms with E-state index in [0.717, 1.165) is 31.8 Å². The summed E-state index contributed by atoms with van der Waals surface area (Å²) in [6.45, 7) is 3.79. The molecule has 6 nitrogen and oxygen atoms in total. The minimum atomic E-state index is 0.548. The molecule has 0 spiro atoms. The molecule has 23 heavy (non-hydrogen) atoms. The molecule has 1 aliphatic heterocycles. The number of hydrogen-bond donors (Lipinski definition) is 0. The predicted molar refractivity (Wildman–Crippen MR) is 85.9 cm³/mol. The highest BCUT2D eigenvalue weighted by Crippen LogP contribution is 2.19. The van der Waals surface area contributed by atoms with E-state index >= 15 is 0 Å². The van der Waals surface area contributed by atoms with Gasteiger partial charge in [-0.2, -0.15) is 10.4 Å². The lowest BCUT2D eigenvalue weighted by Crippen LogP contribution is -2.34. The van der Waals surface area contributed by atoms with E-state index in [1.165, 1.54) is 12.8 Å². The summed E-state index contributed by atoms with van der Waals surface area (Å²) in [4.78, 5) is 6.52. The molecule has 1 fully saturated rings. The molecule has 1 aliphatic rings. The highest BCUT2D eigenvalue weighted by Gasteiger charge is 2.24. The maximum atomic E-state index is 8.77. The SMILES string of the molecule is N#Cc1ccc(OCCCN2CCC[C@@H]2Cn2cncn2)cc1. The summed E-state index contributed by atoms with van der Waals surface area (Å²) in [5.41, 5.74) is 0.658. The summed E-state index contributed by atoms with van der Waals surface area (Å²) in [5, 5.41) is 13.0. The summed E-state index contributed by atoms with van der Waals surface area (Å²) in [6.07, 6.45) is 6.83. The number of ether oxygens (including phenoxy) is 1. The predicted octanol–water partition coefficient (Wildman–Crippen LogP) is 2.08. The molecular weight excluding hydrogens is 290 g/mol. The topological polar surface area (TPSA) is 67.0 Å². The average Bonchev–Trinajstić information content (AvgIpc) is 3.25. The van der Waals surface area contributed by atoms with Gasteiger partial charge < -0.3 is 4.74 Å². The molecule has 0 amide bonds. The van der Waals surface area contributed by atoms with E-state index in [0.29, 0.717) is 18.2 Å². The van der Waals surface area contributed by atoms with Gasteiger partial charge in [0.05, 0.1) is 24.8 Å². The van der Waals surface area contributed by atoms with Crippen LogP contribution in [0.4, 0.5) is 0 Å². The van der Waals surface area contributed by atoms with E-state index in [2.05, 4.69) is 21.1 Å². The Kier molecular flexibility index (Phi) is 5.22. The molecule has 1 aromatic heterocycles. The first-order chi connectivity index (χ1) is 11.3. The third-order valence-corrected chi connectivity index (χ3v) is 4.21. The number of benzene rings is 1. The molecule has 1 aromatic carbocycles. The van der Waals surface area contributed by atoms with Crippen LogP contribution in [0.1, 0.15) is 24.8 Å². The number of likely N-dealkylation sites (tertiary alicyclic amines) is 1. The minimum Gasteiger partial charge on any atom is -0.494 e. The van der Waals surface area contributed by atoms with Gasteiger partial charge >= 0.3 is 0 Å². The normalized spacial score (nSPS) is 18.0. The van der Waals surface area contributed by atoms with Crippen LogP contribution in [-0.4, -0.2) is 45.4 Å². The van der Waals surface area contributed by atoms with E-state index < -0.39 is 0 Å². The van der Waals surface area contributed by atoms with Gasteiger partial charge in [-0.1, -0.05) is 0 Å². The molecule has 2 heterocycles. The Labute approximate surface area is 136 Å². The fraction of sp³-hybridized carbons (Fsp3) is 0.471. The minimum absolute atomic E-state index is 0.548. The number of aromatic nitrogens is 3. The second kappa shape index (κ2) is 7.75. The van der Waals surface area contributed by atoms with Crippen molar-refractivity contribution in [1.29, 1.82) is 5.26 Å². The monoisotopic (exact) mass is 311 g/mol. The van der Waals surface area contributed by atoms with Gasteiger partial charge in [-0.15, -0.1) is 0 Å². The second-order valence-electron chi connectivity index (χ2n) is 5.79. The fourth-order valence-corrected chi connectivity index (χ4v) is 3.02. The number of nitrogens with zero attached hydrogens (tertiary/aromatic N) is 5. The zero-order chi connectivity index (χ0) is 15.9. The fourth-order valence-electron chi connectivity index (χ4n) is 3.02. The molecule has 1 atom stereocenters. The van der Waals surface area contributed by atoms with Crippen molar-refractivity contribution >= 4 is 0 Å². The zero-order valence-electron chi connectivity index (χ0n) is 13.1. The van der Waals surface area contributed by atoms with Crippen molar-refractivity contribution in [3.05, 3.63) is 42.5 Å². The Bertz CT molecular complexity index is 632. The van der Waals surface area contributed by atoms with Gasteiger partial charge in [0.25, 0.3) is 0 Å². The van der Waals surface area contributed by atoms with Gasteiger partial charge in [-0.3, -0.25) is 9.58 Å². The van der Waals surface area contributed by atoms with E-state index in [-0.39, 0.29) is 0 Å². The van der Waals surface area contributed by atoms with Crippen LogP contribution in [0.2, 0.25) is 0 Å². The van der Waals surface area contributed by atoms with Crippen molar-refractivity contribution in [2.75, 3.05) is 19.7 Å². The maximum absolute atomic E-state index is 8.77. The summed E-state index contributed by atoms with van der Waals surface area (Å²) in [6, 6.07) is 9.92. The van der Waals surface area contributed by atoms with Crippen LogP contribution in [0.15, 0.2) is 36.9 Å². The van der Waals surface area contributed by atoms with E-state index in [1.54, 1.807) is 24.8 Å². The average molecular weight is 311 g/mol. The zero-order valence-corrected chi connectivity index (χ0v) is 13.1. The lowest BCUT2D eigenvalue weighted by molar-refractivity contribution is 0.203. The van der Waals surface area contributed by atoms with E-state index in [1.807, 2.05) is 16.8 Å². The molecule has 0 N–H and O–H groups in total. The van der Waals surface area contributed by atoms with Gasteiger partial charge in [0, 0.05) is 12.6 Å². The van der Waals surface area contributed by atoms with Crippen LogP contribution in [0.3, 0.4) is 0 Å². The van der Waals surface area contributed by atoms with Crippen molar-refractivity contribution in [2.45, 2.75) is 31.8 Å². The molecular formula is C17H21N5O. The second-order valence-corrected chi connectivity index (χ2v) is 5.79. The Morgan fingerprint density at radius 2 is 2.17 bits per heavy atom. The summed E-state index contributed by atoms with van der Waals surface area (Å²) < 4.78 is 7.66. The van der Waals surface area contributed by atoms with Gasteiger partial charge in [-0.25, -0.2) is 4.98 Å². The van der Waals surface area contributed by atoms with Gasteiger partial charge in [0.15, 0.2) is 0 Å². The standard InChI is InChI=1S/C17H21N5O/c18-11-15-4-6-17(7-5-15)23-10-2-9-21-8-1-3-16(21)12-22-14-19-13-20-22/h4-7,13-14,16H,1-3,8-10,12H2/t16-/m1/s1. The van der Waals surface area contributed by atoms with Crippen molar-refractivity contribution in [1.82, 2.24) is 19.7 Å². The number of nitriles is 1. The molecule has 0 radical (unpaired) electrons. The molecule has 0 bridgehead atoms. The van der Waals surface area contributed by atoms with Gasteiger partial charge in [0.2, 0.25) is 0 Å². The summed E-state index contributed by atoms with van der Waals surface area (Å²) in [7, 11) is 0. The lowest BCUT2D eigenvalue weighted by Gasteiger charge is -2.24. The molecule has 6 heteroatoms. The Balaban J connectivity index is 1.40. The first kappa shape index (κ1) is 15.5. The molecule has 120 valence electrons. The molecule has 0 unspecified atom stereocenters. The van der Waals surface area contributed by atoms with Crippen molar-refractivity contribution in [2.24, 2.45) is 0 Å². The Morgan fingerprint density at radius 3 is 2.91 bits per heavy atom. The Morgan fingerprint density at radius 1 is 1.30 bits per heavy atom. The quantitative estimate of drug-likeness (QED) is 0.732. The first-order valence-corrected chi connectivity index (χ1v) is 8.04. The lowest BCUT2D eigenvalue weighted by atomic mass is 10.2. The highest BCUT2D eigenvalue weighted by atomic mass is 16.5. The first-order valence-electron chi connectivity index (χ1n) is 8.04.